The van der Waals surface area contributed by atoms with E-state index in [2.05, 4.69) is 4.74 Å². The molecule has 0 fully saturated rings. The highest BCUT2D eigenvalue weighted by molar-refractivity contribution is 6.35. The lowest BCUT2D eigenvalue weighted by Gasteiger charge is -2.09. The molecule has 1 aromatic heterocycles. The van der Waals surface area contributed by atoms with Crippen molar-refractivity contribution in [2.75, 3.05) is 0 Å². The van der Waals surface area contributed by atoms with Crippen molar-refractivity contribution in [3.63, 3.8) is 0 Å². The van der Waals surface area contributed by atoms with E-state index in [1.54, 1.807) is 0 Å². The van der Waals surface area contributed by atoms with Crippen LogP contribution in [0.2, 0.25) is 5.02 Å². The highest BCUT2D eigenvalue weighted by Gasteiger charge is 2.31. The first-order chi connectivity index (χ1) is 7.87. The van der Waals surface area contributed by atoms with E-state index in [-0.39, 0.29) is 10.5 Å². The Morgan fingerprint density at radius 2 is 1.94 bits per heavy atom. The number of ether oxygens (including phenoxy) is 1. The van der Waals surface area contributed by atoms with Gasteiger partial charge in [-0.2, -0.15) is 4.73 Å². The average Bonchev–Trinajstić information content (AvgIpc) is 2.21. The molecule has 0 atom stereocenters. The van der Waals surface area contributed by atoms with E-state index in [4.69, 9.17) is 11.6 Å². The van der Waals surface area contributed by atoms with Gasteiger partial charge in [-0.1, -0.05) is 11.6 Å². The average molecular weight is 264 g/mol. The van der Waals surface area contributed by atoms with Crippen molar-refractivity contribution in [2.45, 2.75) is 6.36 Å². The first kappa shape index (κ1) is 11.8. The Bertz CT molecular complexity index is 571. The van der Waals surface area contributed by atoms with Gasteiger partial charge < -0.3 is 9.94 Å². The van der Waals surface area contributed by atoms with Crippen LogP contribution in [0.15, 0.2) is 30.5 Å². The third-order valence-electron chi connectivity index (χ3n) is 2.05. The summed E-state index contributed by atoms with van der Waals surface area (Å²) in [6, 6.07) is 4.75. The van der Waals surface area contributed by atoms with Gasteiger partial charge >= 0.3 is 6.36 Å². The van der Waals surface area contributed by atoms with Crippen LogP contribution in [-0.4, -0.2) is 6.36 Å². The van der Waals surface area contributed by atoms with Gasteiger partial charge in [-0.15, -0.1) is 13.2 Å². The number of nitrogens with zero attached hydrogens (tertiary/aromatic N) is 1. The van der Waals surface area contributed by atoms with Crippen molar-refractivity contribution in [3.05, 3.63) is 40.7 Å². The maximum atomic E-state index is 12.0. The van der Waals surface area contributed by atoms with Crippen LogP contribution in [0.4, 0.5) is 13.2 Å². The van der Waals surface area contributed by atoms with Gasteiger partial charge in [0.05, 0.1) is 16.5 Å². The smallest absolute Gasteiger partial charge is 0.573 e. The lowest BCUT2D eigenvalue weighted by Crippen LogP contribution is -2.26. The molecule has 0 aliphatic carbocycles. The van der Waals surface area contributed by atoms with Crippen LogP contribution in [0.5, 0.6) is 5.75 Å². The number of hydrogen-bond acceptors (Lipinski definition) is 2. The Balaban J connectivity index is 2.54. The van der Waals surface area contributed by atoms with Crippen LogP contribution in [-0.2, 0) is 0 Å². The lowest BCUT2D eigenvalue weighted by atomic mass is 10.2. The summed E-state index contributed by atoms with van der Waals surface area (Å²) in [4.78, 5) is 0. The number of hydrogen-bond donors (Lipinski definition) is 0. The van der Waals surface area contributed by atoms with Crippen LogP contribution < -0.4 is 9.47 Å². The fourth-order valence-electron chi connectivity index (χ4n) is 1.40. The second-order valence-corrected chi connectivity index (χ2v) is 3.62. The van der Waals surface area contributed by atoms with Crippen molar-refractivity contribution in [1.29, 1.82) is 0 Å². The Morgan fingerprint density at radius 1 is 1.24 bits per heavy atom. The Kier molecular flexibility index (Phi) is 2.74. The molecule has 0 unspecified atom stereocenters. The molecule has 0 aliphatic heterocycles. The summed E-state index contributed by atoms with van der Waals surface area (Å²) in [6.45, 7) is 0. The van der Waals surface area contributed by atoms with Gasteiger partial charge in [-0.3, -0.25) is 0 Å². The van der Waals surface area contributed by atoms with Crippen molar-refractivity contribution in [2.24, 2.45) is 0 Å². The van der Waals surface area contributed by atoms with E-state index in [0.29, 0.717) is 10.1 Å². The number of alkyl halides is 3. The van der Waals surface area contributed by atoms with Gasteiger partial charge in [-0.05, 0) is 12.1 Å². The van der Waals surface area contributed by atoms with Gasteiger partial charge in [0.15, 0.2) is 6.20 Å². The zero-order chi connectivity index (χ0) is 12.6. The zero-order valence-electron chi connectivity index (χ0n) is 8.16. The maximum absolute atomic E-state index is 12.0. The quantitative estimate of drug-likeness (QED) is 0.586. The molecule has 1 heterocycles. The van der Waals surface area contributed by atoms with Crippen molar-refractivity contribution >= 4 is 22.5 Å². The first-order valence-electron chi connectivity index (χ1n) is 4.44. The van der Waals surface area contributed by atoms with Gasteiger partial charge in [-0.25, -0.2) is 0 Å². The zero-order valence-corrected chi connectivity index (χ0v) is 8.92. The largest absolute Gasteiger partial charge is 0.618 e. The fourth-order valence-corrected chi connectivity index (χ4v) is 1.61. The molecule has 2 rings (SSSR count). The number of halogens is 4. The second kappa shape index (κ2) is 3.96. The molecule has 2 aromatic rings. The third-order valence-corrected chi connectivity index (χ3v) is 2.38. The van der Waals surface area contributed by atoms with Crippen LogP contribution in [0.3, 0.4) is 0 Å². The Hall–Kier alpha value is -1.69. The summed E-state index contributed by atoms with van der Waals surface area (Å²) in [5, 5.41) is 12.0. The molecular weight excluding hydrogens is 259 g/mol. The standard InChI is InChI=1S/C10H5ClF3NO2/c11-8-3-4-15(16)9-5-6(1-2-7(8)9)17-10(12,13)14/h1-5H. The SMILES string of the molecule is [O-][n+]1ccc(Cl)c2ccc(OC(F)(F)F)cc21. The van der Waals surface area contributed by atoms with E-state index in [0.717, 1.165) is 18.3 Å². The molecule has 0 N–H and O–H groups in total. The van der Waals surface area contributed by atoms with Crippen LogP contribution >= 0.6 is 11.6 Å². The Morgan fingerprint density at radius 3 is 2.59 bits per heavy atom. The van der Waals surface area contributed by atoms with Crippen molar-refractivity contribution < 1.29 is 22.6 Å². The van der Waals surface area contributed by atoms with E-state index >= 15 is 0 Å². The van der Waals surface area contributed by atoms with Gasteiger partial charge in [0.25, 0.3) is 0 Å². The van der Waals surface area contributed by atoms with E-state index in [9.17, 15) is 18.4 Å². The summed E-state index contributed by atoms with van der Waals surface area (Å²) in [5.74, 6) is -0.461. The molecule has 3 nitrogen and oxygen atoms in total. The maximum Gasteiger partial charge on any atom is 0.573 e. The third kappa shape index (κ3) is 2.52. The predicted octanol–water partition coefficient (Wildman–Crippen LogP) is 3.03. The highest BCUT2D eigenvalue weighted by atomic mass is 35.5. The number of rotatable bonds is 1. The molecule has 0 bridgehead atoms. The molecule has 0 amide bonds. The van der Waals surface area contributed by atoms with Crippen molar-refractivity contribution in [1.82, 2.24) is 0 Å². The summed E-state index contributed by atoms with van der Waals surface area (Å²) in [7, 11) is 0. The second-order valence-electron chi connectivity index (χ2n) is 3.22. The predicted molar refractivity (Wildman–Crippen MR) is 54.6 cm³/mol. The summed E-state index contributed by atoms with van der Waals surface area (Å²) in [5.41, 5.74) is 0.0132. The van der Waals surface area contributed by atoms with E-state index in [1.165, 1.54) is 12.1 Å². The molecule has 1 aromatic carbocycles. The molecule has 0 spiro atoms. The molecule has 0 radical (unpaired) electrons. The van der Waals surface area contributed by atoms with Crippen LogP contribution in [0, 0.1) is 5.21 Å². The number of pyridine rings is 1. The summed E-state index contributed by atoms with van der Waals surface area (Å²) >= 11 is 5.80. The van der Waals surface area contributed by atoms with E-state index < -0.39 is 12.1 Å². The minimum atomic E-state index is -4.79. The molecule has 0 saturated heterocycles. The summed E-state index contributed by atoms with van der Waals surface area (Å²) in [6.07, 6.45) is -3.68. The van der Waals surface area contributed by atoms with Crippen LogP contribution in [0.1, 0.15) is 0 Å². The number of aromatic nitrogens is 1. The fraction of sp³-hybridized carbons (Fsp3) is 0.100. The molecule has 0 saturated carbocycles. The van der Waals surface area contributed by atoms with Gasteiger partial charge in [0.1, 0.15) is 5.75 Å². The van der Waals surface area contributed by atoms with E-state index in [1.807, 2.05) is 0 Å². The van der Waals surface area contributed by atoms with Gasteiger partial charge in [0, 0.05) is 6.07 Å². The minimum absolute atomic E-state index is 0.0132. The summed E-state index contributed by atoms with van der Waals surface area (Å²) < 4.78 is 40.1. The molecule has 0 aliphatic rings. The normalized spacial score (nSPS) is 11.8. The molecule has 17 heavy (non-hydrogen) atoms. The molecule has 90 valence electrons. The number of fused-ring (bicyclic) bond motifs is 1. The van der Waals surface area contributed by atoms with Crippen LogP contribution in [0.25, 0.3) is 10.9 Å². The lowest BCUT2D eigenvalue weighted by molar-refractivity contribution is -0.577. The molecular formula is C10H5ClF3NO2. The Labute approximate surface area is 98.6 Å². The van der Waals surface area contributed by atoms with Crippen molar-refractivity contribution in [3.8, 4) is 5.75 Å². The highest BCUT2D eigenvalue weighted by Crippen LogP contribution is 2.27. The minimum Gasteiger partial charge on any atom is -0.618 e. The first-order valence-corrected chi connectivity index (χ1v) is 4.82. The number of benzene rings is 1. The van der Waals surface area contributed by atoms with Gasteiger partial charge in [0.2, 0.25) is 5.52 Å². The topological polar surface area (TPSA) is 36.2 Å². The monoisotopic (exact) mass is 263 g/mol. The molecule has 7 heteroatoms.